The first-order chi connectivity index (χ1) is 9.67. The summed E-state index contributed by atoms with van der Waals surface area (Å²) in [5, 5.41) is 0. The molecule has 1 rings (SSSR count). The largest absolute Gasteiger partial charge is 0.349 e. The van der Waals surface area contributed by atoms with Crippen molar-refractivity contribution >= 4 is 14.0 Å². The van der Waals surface area contributed by atoms with E-state index in [1.807, 2.05) is 0 Å². The van der Waals surface area contributed by atoms with E-state index in [1.165, 1.54) is 5.56 Å². The lowest BCUT2D eigenvalue weighted by Gasteiger charge is -2.15. The average molecular weight is 302 g/mol. The molecule has 21 heavy (non-hydrogen) atoms. The molecule has 0 aliphatic carbocycles. The molecule has 0 saturated heterocycles. The Kier molecular flexibility index (Phi) is 6.23. The molecule has 0 spiro atoms. The molecule has 2 nitrogen and oxygen atoms in total. The highest BCUT2D eigenvalue weighted by Crippen LogP contribution is 2.13. The monoisotopic (exact) mass is 301 g/mol. The Morgan fingerprint density at radius 3 is 2.24 bits per heavy atom. The molecule has 0 bridgehead atoms. The van der Waals surface area contributed by atoms with Crippen LogP contribution in [0.1, 0.15) is 24.5 Å². The second kappa shape index (κ2) is 7.47. The van der Waals surface area contributed by atoms with E-state index in [4.69, 9.17) is 0 Å². The van der Waals surface area contributed by atoms with Gasteiger partial charge in [0.15, 0.2) is 0 Å². The van der Waals surface area contributed by atoms with Crippen LogP contribution >= 0.6 is 0 Å². The first kappa shape index (κ1) is 17.5. The van der Waals surface area contributed by atoms with Crippen molar-refractivity contribution in [3.8, 4) is 11.5 Å². The maximum atomic E-state index is 11.7. The van der Waals surface area contributed by atoms with Crippen LogP contribution in [0.4, 0.5) is 0 Å². The van der Waals surface area contributed by atoms with Crippen molar-refractivity contribution in [3.63, 3.8) is 0 Å². The summed E-state index contributed by atoms with van der Waals surface area (Å²) >= 11 is 0. The Balaban J connectivity index is 2.62. The Labute approximate surface area is 130 Å². The fourth-order valence-corrected chi connectivity index (χ4v) is 2.46. The van der Waals surface area contributed by atoms with Gasteiger partial charge in [0.1, 0.15) is 8.07 Å². The molecule has 3 heteroatoms. The van der Waals surface area contributed by atoms with Gasteiger partial charge in [-0.2, -0.15) is 0 Å². The van der Waals surface area contributed by atoms with Crippen LogP contribution in [-0.2, 0) is 11.2 Å². The van der Waals surface area contributed by atoms with Crippen LogP contribution in [0.3, 0.4) is 0 Å². The minimum atomic E-state index is -1.31. The van der Waals surface area contributed by atoms with Crippen molar-refractivity contribution in [1.29, 1.82) is 0 Å². The molecule has 0 saturated carbocycles. The second-order valence-corrected chi connectivity index (χ2v) is 11.7. The Morgan fingerprint density at radius 1 is 1.19 bits per heavy atom. The summed E-state index contributed by atoms with van der Waals surface area (Å²) in [7, 11) is 2.30. The number of carbonyl (C=O) groups is 1. The second-order valence-electron chi connectivity index (χ2n) is 7.00. The number of nitrogens with zero attached hydrogens (tertiary/aromatic N) is 1. The predicted octanol–water partition coefficient (Wildman–Crippen LogP) is 3.57. The minimum Gasteiger partial charge on any atom is -0.349 e. The molecule has 0 radical (unpaired) electrons. The molecule has 1 amide bonds. The highest BCUT2D eigenvalue weighted by atomic mass is 28.3. The zero-order valence-corrected chi connectivity index (χ0v) is 15.2. The highest BCUT2D eigenvalue weighted by Gasteiger charge is 2.11. The summed E-state index contributed by atoms with van der Waals surface area (Å²) in [6.07, 6.45) is 1.53. The van der Waals surface area contributed by atoms with Crippen LogP contribution in [0.2, 0.25) is 19.6 Å². The first-order valence-corrected chi connectivity index (χ1v) is 11.0. The van der Waals surface area contributed by atoms with E-state index in [0.29, 0.717) is 12.3 Å². The van der Waals surface area contributed by atoms with Crippen molar-refractivity contribution in [1.82, 2.24) is 4.90 Å². The van der Waals surface area contributed by atoms with Crippen LogP contribution in [-0.4, -0.2) is 33.0 Å². The number of hydrogen-bond acceptors (Lipinski definition) is 1. The molecule has 0 aromatic heterocycles. The van der Waals surface area contributed by atoms with Crippen molar-refractivity contribution in [3.05, 3.63) is 35.4 Å². The fraction of sp³-hybridized carbons (Fsp3) is 0.500. The first-order valence-electron chi connectivity index (χ1n) is 7.49. The number of rotatable bonds is 4. The molecular weight excluding hydrogens is 274 g/mol. The molecule has 114 valence electrons. The van der Waals surface area contributed by atoms with Gasteiger partial charge in [-0.15, -0.1) is 5.54 Å². The highest BCUT2D eigenvalue weighted by molar-refractivity contribution is 6.83. The molecule has 0 N–H and O–H groups in total. The van der Waals surface area contributed by atoms with E-state index >= 15 is 0 Å². The normalized spacial score (nSPS) is 12.3. The number of benzene rings is 1. The summed E-state index contributed by atoms with van der Waals surface area (Å²) in [4.78, 5) is 13.3. The van der Waals surface area contributed by atoms with E-state index in [2.05, 4.69) is 62.3 Å². The SMILES string of the molecule is CC(CC(=O)N(C)C)Cc1ccc(C#C[Si](C)(C)C)cc1. The van der Waals surface area contributed by atoms with E-state index < -0.39 is 8.07 Å². The predicted molar refractivity (Wildman–Crippen MR) is 92.8 cm³/mol. The third-order valence-electron chi connectivity index (χ3n) is 3.14. The summed E-state index contributed by atoms with van der Waals surface area (Å²) < 4.78 is 0. The van der Waals surface area contributed by atoms with E-state index in [1.54, 1.807) is 19.0 Å². The summed E-state index contributed by atoms with van der Waals surface area (Å²) in [5.41, 5.74) is 5.73. The number of amides is 1. The van der Waals surface area contributed by atoms with E-state index in [-0.39, 0.29) is 5.91 Å². The molecule has 1 aromatic rings. The molecule has 1 unspecified atom stereocenters. The van der Waals surface area contributed by atoms with Crippen molar-refractivity contribution in [2.24, 2.45) is 5.92 Å². The van der Waals surface area contributed by atoms with Crippen molar-refractivity contribution < 1.29 is 4.79 Å². The van der Waals surface area contributed by atoms with Gasteiger partial charge in [0.05, 0.1) is 0 Å². The Morgan fingerprint density at radius 2 is 1.76 bits per heavy atom. The third-order valence-corrected chi connectivity index (χ3v) is 4.02. The van der Waals surface area contributed by atoms with E-state index in [9.17, 15) is 4.79 Å². The molecular formula is C18H27NOSi. The summed E-state index contributed by atoms with van der Waals surface area (Å²) in [6.45, 7) is 8.87. The topological polar surface area (TPSA) is 20.3 Å². The van der Waals surface area contributed by atoms with Crippen LogP contribution < -0.4 is 0 Å². The van der Waals surface area contributed by atoms with Crippen LogP contribution in [0.25, 0.3) is 0 Å². The number of carbonyl (C=O) groups excluding carboxylic acids is 1. The minimum absolute atomic E-state index is 0.195. The average Bonchev–Trinajstić information content (AvgIpc) is 2.36. The Hall–Kier alpha value is -1.53. The van der Waals surface area contributed by atoms with Crippen LogP contribution in [0, 0.1) is 17.4 Å². The van der Waals surface area contributed by atoms with Gasteiger partial charge < -0.3 is 4.90 Å². The molecule has 1 aromatic carbocycles. The van der Waals surface area contributed by atoms with Crippen molar-refractivity contribution in [2.45, 2.75) is 39.4 Å². The standard InChI is InChI=1S/C18H27NOSi/c1-15(14-18(20)19(2)3)13-17-9-7-16(8-10-17)11-12-21(4,5)6/h7-10,15H,13-14H2,1-6H3. The van der Waals surface area contributed by atoms with Crippen LogP contribution in [0.5, 0.6) is 0 Å². The van der Waals surface area contributed by atoms with Crippen LogP contribution in [0.15, 0.2) is 24.3 Å². The zero-order chi connectivity index (χ0) is 16.0. The number of hydrogen-bond donors (Lipinski definition) is 0. The Bertz CT molecular complexity index is 529. The lowest BCUT2D eigenvalue weighted by Crippen LogP contribution is -2.24. The molecule has 0 heterocycles. The van der Waals surface area contributed by atoms with Gasteiger partial charge >= 0.3 is 0 Å². The molecule has 0 aliphatic rings. The van der Waals surface area contributed by atoms with Crippen molar-refractivity contribution in [2.75, 3.05) is 14.1 Å². The molecule has 0 fully saturated rings. The smallest absolute Gasteiger partial charge is 0.222 e. The lowest BCUT2D eigenvalue weighted by molar-refractivity contribution is -0.129. The van der Waals surface area contributed by atoms with E-state index in [0.717, 1.165) is 12.0 Å². The molecule has 1 atom stereocenters. The van der Waals surface area contributed by atoms with Gasteiger partial charge in [-0.05, 0) is 30.0 Å². The van der Waals surface area contributed by atoms with Gasteiger partial charge in [0.25, 0.3) is 0 Å². The van der Waals surface area contributed by atoms with Gasteiger partial charge in [0.2, 0.25) is 5.91 Å². The zero-order valence-electron chi connectivity index (χ0n) is 14.2. The molecule has 0 aliphatic heterocycles. The summed E-state index contributed by atoms with van der Waals surface area (Å²) in [6, 6.07) is 8.43. The summed E-state index contributed by atoms with van der Waals surface area (Å²) in [5.74, 6) is 3.82. The third kappa shape index (κ3) is 7.15. The fourth-order valence-electron chi connectivity index (χ4n) is 1.94. The maximum absolute atomic E-state index is 11.7. The maximum Gasteiger partial charge on any atom is 0.222 e. The quantitative estimate of drug-likeness (QED) is 0.615. The lowest BCUT2D eigenvalue weighted by atomic mass is 9.97. The van der Waals surface area contributed by atoms with Gasteiger partial charge in [-0.3, -0.25) is 4.79 Å². The van der Waals surface area contributed by atoms with Gasteiger partial charge in [-0.1, -0.05) is 44.6 Å². The van der Waals surface area contributed by atoms with Gasteiger partial charge in [0, 0.05) is 26.1 Å². The van der Waals surface area contributed by atoms with Gasteiger partial charge in [-0.25, -0.2) is 0 Å².